The van der Waals surface area contributed by atoms with E-state index in [2.05, 4.69) is 6.92 Å². The van der Waals surface area contributed by atoms with Gasteiger partial charge in [0.25, 0.3) is 10.0 Å². The van der Waals surface area contributed by atoms with Crippen LogP contribution in [0.4, 0.5) is 5.69 Å². The van der Waals surface area contributed by atoms with Crippen LogP contribution in [0.15, 0.2) is 53.4 Å². The number of unbranched alkanes of at least 4 members (excludes halogenated alkanes) is 1. The topological polar surface area (TPSA) is 55.8 Å². The van der Waals surface area contributed by atoms with Crippen LogP contribution in [0, 0.1) is 0 Å². The van der Waals surface area contributed by atoms with E-state index in [-0.39, 0.29) is 10.9 Å². The number of ether oxygens (including phenoxy) is 2. The SMILES string of the molecule is CCCCOc1ccc(S(=O)(=O)N2c3ccccc3OCC2C)cc1. The molecule has 2 aromatic rings. The zero-order valence-electron chi connectivity index (χ0n) is 14.5. The highest BCUT2D eigenvalue weighted by Crippen LogP contribution is 2.37. The van der Waals surface area contributed by atoms with Gasteiger partial charge in [0, 0.05) is 0 Å². The van der Waals surface area contributed by atoms with Crippen LogP contribution in [-0.4, -0.2) is 27.7 Å². The van der Waals surface area contributed by atoms with Crippen molar-refractivity contribution in [2.75, 3.05) is 17.5 Å². The molecule has 0 radical (unpaired) electrons. The first-order valence-electron chi connectivity index (χ1n) is 8.53. The molecule has 0 spiro atoms. The first-order valence-corrected chi connectivity index (χ1v) is 9.97. The number of benzene rings is 2. The van der Waals surface area contributed by atoms with Gasteiger partial charge in [0.2, 0.25) is 0 Å². The summed E-state index contributed by atoms with van der Waals surface area (Å²) in [5.41, 5.74) is 0.574. The van der Waals surface area contributed by atoms with E-state index in [0.29, 0.717) is 30.4 Å². The maximum absolute atomic E-state index is 13.2. The van der Waals surface area contributed by atoms with Crippen molar-refractivity contribution in [1.82, 2.24) is 0 Å². The van der Waals surface area contributed by atoms with E-state index in [4.69, 9.17) is 9.47 Å². The number of hydrogen-bond donors (Lipinski definition) is 0. The Morgan fingerprint density at radius 1 is 1.16 bits per heavy atom. The predicted molar refractivity (Wildman–Crippen MR) is 97.9 cm³/mol. The van der Waals surface area contributed by atoms with Gasteiger partial charge in [-0.2, -0.15) is 0 Å². The van der Waals surface area contributed by atoms with Crippen molar-refractivity contribution in [2.45, 2.75) is 37.6 Å². The standard InChI is InChI=1S/C19H23NO4S/c1-3-4-13-23-16-9-11-17(12-10-16)25(21,22)20-15(2)14-24-19-8-6-5-7-18(19)20/h5-12,15H,3-4,13-14H2,1-2H3. The van der Waals surface area contributed by atoms with E-state index in [1.165, 1.54) is 4.31 Å². The predicted octanol–water partition coefficient (Wildman–Crippen LogP) is 3.84. The minimum absolute atomic E-state index is 0.249. The highest BCUT2D eigenvalue weighted by Gasteiger charge is 2.34. The van der Waals surface area contributed by atoms with Crippen LogP contribution in [0.3, 0.4) is 0 Å². The molecule has 6 heteroatoms. The average Bonchev–Trinajstić information content (AvgIpc) is 2.62. The van der Waals surface area contributed by atoms with Gasteiger partial charge in [-0.15, -0.1) is 0 Å². The molecule has 0 aliphatic carbocycles. The van der Waals surface area contributed by atoms with Crippen molar-refractivity contribution in [1.29, 1.82) is 0 Å². The molecule has 0 saturated carbocycles. The summed E-state index contributed by atoms with van der Waals surface area (Å²) in [5, 5.41) is 0. The summed E-state index contributed by atoms with van der Waals surface area (Å²) in [7, 11) is -3.67. The Morgan fingerprint density at radius 3 is 2.60 bits per heavy atom. The number of sulfonamides is 1. The number of fused-ring (bicyclic) bond motifs is 1. The van der Waals surface area contributed by atoms with Crippen LogP contribution in [0.25, 0.3) is 0 Å². The lowest BCUT2D eigenvalue weighted by molar-refractivity contribution is 0.281. The van der Waals surface area contributed by atoms with Crippen LogP contribution in [0.5, 0.6) is 11.5 Å². The highest BCUT2D eigenvalue weighted by atomic mass is 32.2. The van der Waals surface area contributed by atoms with Crippen molar-refractivity contribution in [3.05, 3.63) is 48.5 Å². The monoisotopic (exact) mass is 361 g/mol. The first-order chi connectivity index (χ1) is 12.0. The fourth-order valence-electron chi connectivity index (χ4n) is 2.80. The van der Waals surface area contributed by atoms with Crippen molar-refractivity contribution in [3.63, 3.8) is 0 Å². The van der Waals surface area contributed by atoms with Crippen molar-refractivity contribution >= 4 is 15.7 Å². The molecule has 0 fully saturated rings. The summed E-state index contributed by atoms with van der Waals surface area (Å²) in [4.78, 5) is 0.249. The maximum Gasteiger partial charge on any atom is 0.264 e. The zero-order chi connectivity index (χ0) is 17.9. The molecular weight excluding hydrogens is 338 g/mol. The molecule has 1 heterocycles. The smallest absolute Gasteiger partial charge is 0.264 e. The summed E-state index contributed by atoms with van der Waals surface area (Å²) in [6.45, 7) is 4.90. The summed E-state index contributed by atoms with van der Waals surface area (Å²) >= 11 is 0. The Kier molecular flexibility index (Phi) is 5.18. The summed E-state index contributed by atoms with van der Waals surface area (Å²) in [6.07, 6.45) is 2.03. The second-order valence-electron chi connectivity index (χ2n) is 6.10. The normalized spacial score (nSPS) is 16.9. The molecule has 1 aliphatic rings. The van der Waals surface area contributed by atoms with Gasteiger partial charge in [-0.3, -0.25) is 4.31 Å². The second-order valence-corrected chi connectivity index (χ2v) is 7.92. The van der Waals surface area contributed by atoms with Crippen LogP contribution >= 0.6 is 0 Å². The molecule has 5 nitrogen and oxygen atoms in total. The summed E-state index contributed by atoms with van der Waals surface area (Å²) in [5.74, 6) is 1.27. The number of hydrogen-bond acceptors (Lipinski definition) is 4. The lowest BCUT2D eigenvalue weighted by Gasteiger charge is -2.35. The first kappa shape index (κ1) is 17.6. The highest BCUT2D eigenvalue weighted by molar-refractivity contribution is 7.92. The molecule has 1 aliphatic heterocycles. The molecular formula is C19H23NO4S. The number of para-hydroxylation sites is 2. The van der Waals surface area contributed by atoms with Gasteiger partial charge in [0.1, 0.15) is 18.1 Å². The third-order valence-corrected chi connectivity index (χ3v) is 6.07. The van der Waals surface area contributed by atoms with Crippen LogP contribution < -0.4 is 13.8 Å². The van der Waals surface area contributed by atoms with Crippen LogP contribution in [0.2, 0.25) is 0 Å². The molecule has 0 saturated heterocycles. The molecule has 134 valence electrons. The zero-order valence-corrected chi connectivity index (χ0v) is 15.3. The van der Waals surface area contributed by atoms with Gasteiger partial charge < -0.3 is 9.47 Å². The second kappa shape index (κ2) is 7.35. The molecule has 1 atom stereocenters. The number of anilines is 1. The lowest BCUT2D eigenvalue weighted by Crippen LogP contribution is -2.44. The molecule has 0 bridgehead atoms. The van der Waals surface area contributed by atoms with Crippen LogP contribution in [0.1, 0.15) is 26.7 Å². The van der Waals surface area contributed by atoms with E-state index in [1.807, 2.05) is 19.1 Å². The molecule has 0 N–H and O–H groups in total. The third kappa shape index (κ3) is 3.58. The summed E-state index contributed by atoms with van der Waals surface area (Å²) in [6, 6.07) is 13.5. The molecule has 0 aromatic heterocycles. The van der Waals surface area contributed by atoms with Gasteiger partial charge in [-0.1, -0.05) is 25.5 Å². The minimum atomic E-state index is -3.67. The third-order valence-electron chi connectivity index (χ3n) is 4.13. The Balaban J connectivity index is 1.89. The largest absolute Gasteiger partial charge is 0.494 e. The van der Waals surface area contributed by atoms with E-state index in [0.717, 1.165) is 12.8 Å². The fourth-order valence-corrected chi connectivity index (χ4v) is 4.45. The quantitative estimate of drug-likeness (QED) is 0.734. The fraction of sp³-hybridized carbons (Fsp3) is 0.368. The molecule has 2 aromatic carbocycles. The van der Waals surface area contributed by atoms with E-state index in [9.17, 15) is 8.42 Å². The summed E-state index contributed by atoms with van der Waals surface area (Å²) < 4.78 is 39.0. The Bertz CT molecular complexity index is 818. The molecule has 1 unspecified atom stereocenters. The molecule has 0 amide bonds. The molecule has 3 rings (SSSR count). The van der Waals surface area contributed by atoms with Crippen molar-refractivity contribution in [3.8, 4) is 11.5 Å². The van der Waals surface area contributed by atoms with Gasteiger partial charge in [0.05, 0.1) is 23.2 Å². The van der Waals surface area contributed by atoms with E-state index < -0.39 is 10.0 Å². The van der Waals surface area contributed by atoms with Gasteiger partial charge >= 0.3 is 0 Å². The average molecular weight is 361 g/mol. The van der Waals surface area contributed by atoms with Gasteiger partial charge in [-0.05, 0) is 49.7 Å². The van der Waals surface area contributed by atoms with Gasteiger partial charge in [0.15, 0.2) is 0 Å². The lowest BCUT2D eigenvalue weighted by atomic mass is 10.2. The van der Waals surface area contributed by atoms with E-state index in [1.54, 1.807) is 36.4 Å². The van der Waals surface area contributed by atoms with E-state index >= 15 is 0 Å². The van der Waals surface area contributed by atoms with Crippen molar-refractivity contribution < 1.29 is 17.9 Å². The Hall–Kier alpha value is -2.21. The number of nitrogens with zero attached hydrogens (tertiary/aromatic N) is 1. The Morgan fingerprint density at radius 2 is 1.88 bits per heavy atom. The minimum Gasteiger partial charge on any atom is -0.494 e. The van der Waals surface area contributed by atoms with Crippen LogP contribution in [-0.2, 0) is 10.0 Å². The maximum atomic E-state index is 13.2. The molecule has 25 heavy (non-hydrogen) atoms. The Labute approximate surface area is 149 Å². The van der Waals surface area contributed by atoms with Crippen molar-refractivity contribution in [2.24, 2.45) is 0 Å². The van der Waals surface area contributed by atoms with Gasteiger partial charge in [-0.25, -0.2) is 8.42 Å². The number of rotatable bonds is 6.